The SMILES string of the molecule is c1cc(-c2ccc(N(c3ccc(-c4cccc5c4oc4ccccc45)cc3)c3ccc(C45C[C@@H]6CC7CC6(C4)[C@@H]7C5)cc3)cc2)cc(-n2c3ccccc3c3cc4ccccc4cc32)c1. The van der Waals surface area contributed by atoms with Gasteiger partial charge in [-0.1, -0.05) is 127 Å². The van der Waals surface area contributed by atoms with Crippen LogP contribution in [0.15, 0.2) is 205 Å². The molecule has 11 aromatic rings. The van der Waals surface area contributed by atoms with Gasteiger partial charge in [-0.15, -0.1) is 0 Å². The summed E-state index contributed by atoms with van der Waals surface area (Å²) in [5, 5.41) is 7.37. The van der Waals surface area contributed by atoms with E-state index in [2.05, 4.69) is 204 Å². The molecule has 5 fully saturated rings. The van der Waals surface area contributed by atoms with Gasteiger partial charge in [0.05, 0.1) is 11.0 Å². The van der Waals surface area contributed by atoms with Crippen LogP contribution in [0.25, 0.3) is 82.5 Å². The molecular weight excluding hydrogens is 789 g/mol. The van der Waals surface area contributed by atoms with Gasteiger partial charge in [0.15, 0.2) is 0 Å². The number of rotatable bonds is 7. The minimum atomic E-state index is 0.381. The van der Waals surface area contributed by atoms with Crippen molar-refractivity contribution in [3.63, 3.8) is 0 Å². The van der Waals surface area contributed by atoms with Gasteiger partial charge in [0.2, 0.25) is 0 Å². The Morgan fingerprint density at radius 1 is 0.492 bits per heavy atom. The van der Waals surface area contributed by atoms with Crippen LogP contribution in [0.2, 0.25) is 0 Å². The molecule has 16 rings (SSSR count). The first-order valence-corrected chi connectivity index (χ1v) is 23.6. The number of hydrogen-bond acceptors (Lipinski definition) is 2. The van der Waals surface area contributed by atoms with Gasteiger partial charge in [0, 0.05) is 49.9 Å². The van der Waals surface area contributed by atoms with Crippen molar-refractivity contribution in [2.24, 2.45) is 23.2 Å². The van der Waals surface area contributed by atoms with E-state index in [0.29, 0.717) is 10.8 Å². The second-order valence-corrected chi connectivity index (χ2v) is 20.0. The molecule has 0 N–H and O–H groups in total. The molecule has 3 unspecified atom stereocenters. The second kappa shape index (κ2) is 13.1. The van der Waals surface area contributed by atoms with Crippen LogP contribution < -0.4 is 4.90 Å². The van der Waals surface area contributed by atoms with Crippen LogP contribution in [0.1, 0.15) is 37.7 Å². The highest BCUT2D eigenvalue weighted by molar-refractivity contribution is 6.14. The van der Waals surface area contributed by atoms with Crippen molar-refractivity contribution in [2.45, 2.75) is 37.5 Å². The summed E-state index contributed by atoms with van der Waals surface area (Å²) in [7, 11) is 0. The van der Waals surface area contributed by atoms with Gasteiger partial charge in [0.1, 0.15) is 11.2 Å². The Labute approximate surface area is 378 Å². The van der Waals surface area contributed by atoms with Crippen LogP contribution in [0.5, 0.6) is 0 Å². The average Bonchev–Trinajstić information content (AvgIpc) is 4.17. The van der Waals surface area contributed by atoms with Crippen LogP contribution >= 0.6 is 0 Å². The van der Waals surface area contributed by atoms with Gasteiger partial charge in [-0.2, -0.15) is 0 Å². The first-order valence-electron chi connectivity index (χ1n) is 23.6. The fourth-order valence-corrected chi connectivity index (χ4v) is 14.2. The fourth-order valence-electron chi connectivity index (χ4n) is 14.2. The topological polar surface area (TPSA) is 21.3 Å². The number of hydrogen-bond donors (Lipinski definition) is 0. The molecule has 1 spiro atoms. The fraction of sp³-hybridized carbons (Fsp3) is 0.161. The maximum absolute atomic E-state index is 6.47. The number of aromatic nitrogens is 1. The number of fused-ring (bicyclic) bond motifs is 8. The maximum Gasteiger partial charge on any atom is 0.143 e. The zero-order valence-electron chi connectivity index (χ0n) is 36.1. The van der Waals surface area contributed by atoms with Crippen LogP contribution in [0, 0.1) is 23.2 Å². The molecule has 2 aromatic heterocycles. The van der Waals surface area contributed by atoms with Gasteiger partial charge in [-0.3, -0.25) is 0 Å². The number of para-hydroxylation sites is 3. The van der Waals surface area contributed by atoms with E-state index in [1.807, 2.05) is 6.07 Å². The Kier molecular flexibility index (Phi) is 7.27. The lowest BCUT2D eigenvalue weighted by atomic mass is 9.59. The van der Waals surface area contributed by atoms with E-state index >= 15 is 0 Å². The molecule has 2 heterocycles. The highest BCUT2D eigenvalue weighted by Gasteiger charge is 2.76. The second-order valence-electron chi connectivity index (χ2n) is 20.0. The monoisotopic (exact) mass is 834 g/mol. The highest BCUT2D eigenvalue weighted by Crippen LogP contribution is 2.83. The van der Waals surface area contributed by atoms with Crippen molar-refractivity contribution < 1.29 is 4.42 Å². The Bertz CT molecular complexity index is 3710. The Morgan fingerprint density at radius 3 is 1.95 bits per heavy atom. The minimum absolute atomic E-state index is 0.381. The molecule has 3 heteroatoms. The first-order chi connectivity index (χ1) is 32.1. The van der Waals surface area contributed by atoms with Crippen LogP contribution in [0.3, 0.4) is 0 Å². The molecule has 0 saturated heterocycles. The zero-order chi connectivity index (χ0) is 42.4. The molecule has 3 nitrogen and oxygen atoms in total. The Morgan fingerprint density at radius 2 is 1.17 bits per heavy atom. The normalized spacial score (nSPS) is 22.7. The highest BCUT2D eigenvalue weighted by atomic mass is 16.3. The lowest BCUT2D eigenvalue weighted by Gasteiger charge is -2.45. The molecule has 5 aliphatic rings. The minimum Gasteiger partial charge on any atom is -0.455 e. The van der Waals surface area contributed by atoms with Crippen LogP contribution in [-0.4, -0.2) is 4.57 Å². The van der Waals surface area contributed by atoms with Crippen molar-refractivity contribution in [2.75, 3.05) is 4.90 Å². The Hall–Kier alpha value is -7.36. The smallest absolute Gasteiger partial charge is 0.143 e. The van der Waals surface area contributed by atoms with E-state index in [1.165, 1.54) is 81.5 Å². The van der Waals surface area contributed by atoms with Crippen molar-refractivity contribution >= 4 is 71.6 Å². The van der Waals surface area contributed by atoms with E-state index in [-0.39, 0.29) is 0 Å². The molecule has 5 atom stereocenters. The maximum atomic E-state index is 6.47. The number of anilines is 3. The summed E-state index contributed by atoms with van der Waals surface area (Å²) in [5.74, 6) is 2.97. The van der Waals surface area contributed by atoms with Crippen molar-refractivity contribution in [3.05, 3.63) is 206 Å². The van der Waals surface area contributed by atoms with Gasteiger partial charge >= 0.3 is 0 Å². The standard InChI is InChI=1S/C62H46N2O/c1-2-10-43-34-58-55(33-42(43)9-1)52-13-3-5-17-57(52)64(58)50-12-7-11-41(32-50)39-19-25-47(26-20-39)63(49-29-23-45(24-30-49)61-36-46-31-44-35-62(46,38-61)56(44)37-61)48-27-21-40(22-28-48)51-15-8-16-54-53-14-4-6-18-59(53)65-60(51)54/h1-30,32-34,44,46,56H,31,35-38H2/t44?,46-,56+,61?,62?/m0/s1. The molecule has 310 valence electrons. The van der Waals surface area contributed by atoms with E-state index < -0.39 is 0 Å². The number of benzene rings is 9. The molecular formula is C62H46N2O. The number of nitrogens with zero attached hydrogens (tertiary/aromatic N) is 2. The molecule has 0 amide bonds. The summed E-state index contributed by atoms with van der Waals surface area (Å²) < 4.78 is 8.90. The summed E-state index contributed by atoms with van der Waals surface area (Å²) >= 11 is 0. The summed E-state index contributed by atoms with van der Waals surface area (Å²) in [5.41, 5.74) is 16.2. The average molecular weight is 835 g/mol. The third kappa shape index (κ3) is 5.07. The van der Waals surface area contributed by atoms with E-state index in [1.54, 1.807) is 5.56 Å². The van der Waals surface area contributed by atoms with Crippen LogP contribution in [-0.2, 0) is 5.41 Å². The summed E-state index contributed by atoms with van der Waals surface area (Å²) in [6.07, 6.45) is 7.24. The predicted octanol–water partition coefficient (Wildman–Crippen LogP) is 16.7. The molecule has 9 aromatic carbocycles. The molecule has 0 aliphatic heterocycles. The summed E-state index contributed by atoms with van der Waals surface area (Å²) in [4.78, 5) is 2.43. The molecule has 0 radical (unpaired) electrons. The number of furan rings is 1. The van der Waals surface area contributed by atoms with E-state index in [9.17, 15) is 0 Å². The summed E-state index contributed by atoms with van der Waals surface area (Å²) in [6, 6.07) is 74.1. The molecule has 65 heavy (non-hydrogen) atoms. The van der Waals surface area contributed by atoms with Crippen LogP contribution in [0.4, 0.5) is 17.1 Å². The summed E-state index contributed by atoms with van der Waals surface area (Å²) in [6.45, 7) is 0. The third-order valence-corrected chi connectivity index (χ3v) is 16.9. The van der Waals surface area contributed by atoms with Crippen molar-refractivity contribution in [1.29, 1.82) is 0 Å². The van der Waals surface area contributed by atoms with Crippen molar-refractivity contribution in [1.82, 2.24) is 4.57 Å². The quantitative estimate of drug-likeness (QED) is 0.159. The van der Waals surface area contributed by atoms with E-state index in [4.69, 9.17) is 4.42 Å². The Balaban J connectivity index is 0.808. The zero-order valence-corrected chi connectivity index (χ0v) is 36.1. The lowest BCUT2D eigenvalue weighted by molar-refractivity contribution is 0.0381. The van der Waals surface area contributed by atoms with Crippen molar-refractivity contribution in [3.8, 4) is 27.9 Å². The third-order valence-electron chi connectivity index (χ3n) is 16.9. The lowest BCUT2D eigenvalue weighted by Crippen LogP contribution is -2.38. The van der Waals surface area contributed by atoms with Gasteiger partial charge in [0.25, 0.3) is 0 Å². The van der Waals surface area contributed by atoms with Gasteiger partial charge in [-0.05, 0) is 167 Å². The predicted molar refractivity (Wildman–Crippen MR) is 269 cm³/mol. The van der Waals surface area contributed by atoms with Gasteiger partial charge < -0.3 is 13.9 Å². The first kappa shape index (κ1) is 36.0. The van der Waals surface area contributed by atoms with Gasteiger partial charge in [-0.25, -0.2) is 0 Å². The molecule has 5 aliphatic carbocycles. The largest absolute Gasteiger partial charge is 0.455 e. The van der Waals surface area contributed by atoms with E-state index in [0.717, 1.165) is 67.9 Å². The molecule has 3 bridgehead atoms. The molecule has 5 saturated carbocycles.